The third kappa shape index (κ3) is 4.92. The summed E-state index contributed by atoms with van der Waals surface area (Å²) in [7, 11) is 0. The minimum Gasteiger partial charge on any atom is -0.207 e. The zero-order chi connectivity index (χ0) is 22.7. The predicted molar refractivity (Wildman–Crippen MR) is 125 cm³/mol. The molecule has 1 saturated carbocycles. The van der Waals surface area contributed by atoms with Crippen molar-refractivity contribution in [3.8, 4) is 11.1 Å². The van der Waals surface area contributed by atoms with Gasteiger partial charge in [0.25, 0.3) is 0 Å². The van der Waals surface area contributed by atoms with Crippen LogP contribution in [0.5, 0.6) is 0 Å². The van der Waals surface area contributed by atoms with Crippen LogP contribution in [0.4, 0.5) is 13.2 Å². The molecule has 1 fully saturated rings. The van der Waals surface area contributed by atoms with E-state index in [0.717, 1.165) is 55.2 Å². The van der Waals surface area contributed by atoms with Crippen LogP contribution in [0.15, 0.2) is 54.6 Å². The molecule has 0 bridgehead atoms. The number of halogens is 3. The monoisotopic (exact) mass is 436 g/mol. The number of hydrogen-bond acceptors (Lipinski definition) is 0. The zero-order valence-electron chi connectivity index (χ0n) is 18.9. The van der Waals surface area contributed by atoms with Crippen LogP contribution in [0.2, 0.25) is 0 Å². The van der Waals surface area contributed by atoms with Gasteiger partial charge in [-0.1, -0.05) is 61.0 Å². The van der Waals surface area contributed by atoms with Gasteiger partial charge < -0.3 is 0 Å². The Hall–Kier alpha value is -2.55. The van der Waals surface area contributed by atoms with Crippen molar-refractivity contribution in [1.82, 2.24) is 0 Å². The van der Waals surface area contributed by atoms with Gasteiger partial charge in [0.2, 0.25) is 0 Å². The van der Waals surface area contributed by atoms with E-state index in [1.807, 2.05) is 50.2 Å². The van der Waals surface area contributed by atoms with E-state index in [9.17, 15) is 13.2 Å². The van der Waals surface area contributed by atoms with Gasteiger partial charge in [-0.15, -0.1) is 0 Å². The first-order valence-electron chi connectivity index (χ1n) is 11.8. The molecule has 168 valence electrons. The molecule has 4 rings (SSSR count). The molecule has 1 aliphatic carbocycles. The summed E-state index contributed by atoms with van der Waals surface area (Å²) in [5.41, 5.74) is 4.39. The van der Waals surface area contributed by atoms with Gasteiger partial charge in [0.05, 0.1) is 0 Å². The highest BCUT2D eigenvalue weighted by atomic mass is 19.2. The molecule has 0 saturated heterocycles. The van der Waals surface area contributed by atoms with Crippen molar-refractivity contribution >= 4 is 0 Å². The van der Waals surface area contributed by atoms with Crippen LogP contribution in [-0.4, -0.2) is 0 Å². The number of benzene rings is 3. The van der Waals surface area contributed by atoms with Crippen LogP contribution in [0.25, 0.3) is 11.1 Å². The number of hydrogen-bond donors (Lipinski definition) is 0. The van der Waals surface area contributed by atoms with Crippen LogP contribution >= 0.6 is 0 Å². The Balaban J connectivity index is 1.36. The Morgan fingerprint density at radius 2 is 1.53 bits per heavy atom. The molecular weight excluding hydrogens is 405 g/mol. The maximum atomic E-state index is 14.8. The Morgan fingerprint density at radius 3 is 2.19 bits per heavy atom. The van der Waals surface area contributed by atoms with Crippen molar-refractivity contribution in [3.63, 3.8) is 0 Å². The molecule has 3 aromatic rings. The first-order valence-corrected chi connectivity index (χ1v) is 11.8. The highest BCUT2D eigenvalue weighted by Crippen LogP contribution is 2.39. The van der Waals surface area contributed by atoms with Gasteiger partial charge in [-0.25, -0.2) is 13.2 Å². The lowest BCUT2D eigenvalue weighted by Crippen LogP contribution is -2.15. The first kappa shape index (κ1) is 22.6. The van der Waals surface area contributed by atoms with E-state index in [2.05, 4.69) is 0 Å². The van der Waals surface area contributed by atoms with E-state index in [0.29, 0.717) is 29.0 Å². The third-order valence-electron chi connectivity index (χ3n) is 7.11. The summed E-state index contributed by atoms with van der Waals surface area (Å²) in [5.74, 6) is -0.835. The highest BCUT2D eigenvalue weighted by Gasteiger charge is 2.25. The Morgan fingerprint density at radius 1 is 0.812 bits per heavy atom. The molecule has 0 radical (unpaired) electrons. The molecule has 0 spiro atoms. The average Bonchev–Trinajstić information content (AvgIpc) is 2.81. The van der Waals surface area contributed by atoms with E-state index >= 15 is 0 Å². The topological polar surface area (TPSA) is 0 Å². The molecule has 0 aromatic heterocycles. The molecular formula is C29H31F3. The van der Waals surface area contributed by atoms with Crippen molar-refractivity contribution in [3.05, 3.63) is 94.3 Å². The zero-order valence-corrected chi connectivity index (χ0v) is 18.9. The summed E-state index contributed by atoms with van der Waals surface area (Å²) >= 11 is 0. The second-order valence-electron chi connectivity index (χ2n) is 9.23. The molecule has 0 amide bonds. The summed E-state index contributed by atoms with van der Waals surface area (Å²) < 4.78 is 44.0. The molecule has 0 unspecified atom stereocenters. The van der Waals surface area contributed by atoms with Crippen LogP contribution in [0, 0.1) is 30.3 Å². The lowest BCUT2D eigenvalue weighted by atomic mass is 9.76. The molecule has 0 N–H and O–H groups in total. The van der Waals surface area contributed by atoms with Crippen molar-refractivity contribution in [2.45, 2.75) is 64.7 Å². The molecule has 0 heterocycles. The van der Waals surface area contributed by atoms with E-state index in [1.54, 1.807) is 18.2 Å². The van der Waals surface area contributed by atoms with Gasteiger partial charge >= 0.3 is 0 Å². The summed E-state index contributed by atoms with van der Waals surface area (Å²) in [6.07, 6.45) is 6.13. The molecule has 0 atom stereocenters. The van der Waals surface area contributed by atoms with Gasteiger partial charge in [0, 0.05) is 5.56 Å². The van der Waals surface area contributed by atoms with E-state index < -0.39 is 11.6 Å². The normalized spacial score (nSPS) is 18.7. The maximum absolute atomic E-state index is 14.8. The summed E-state index contributed by atoms with van der Waals surface area (Å²) in [6.45, 7) is 4.00. The smallest absolute Gasteiger partial charge is 0.166 e. The van der Waals surface area contributed by atoms with Gasteiger partial charge in [-0.05, 0) is 92.0 Å². The molecule has 0 aliphatic heterocycles. The van der Waals surface area contributed by atoms with Crippen molar-refractivity contribution in [2.75, 3.05) is 0 Å². The minimum absolute atomic E-state index is 0.0842. The molecule has 3 aromatic carbocycles. The largest absolute Gasteiger partial charge is 0.207 e. The fourth-order valence-electron chi connectivity index (χ4n) is 4.98. The van der Waals surface area contributed by atoms with Crippen molar-refractivity contribution in [2.24, 2.45) is 5.92 Å². The summed E-state index contributed by atoms with van der Waals surface area (Å²) in [6, 6.07) is 16.5. The Kier molecular flexibility index (Phi) is 7.03. The summed E-state index contributed by atoms with van der Waals surface area (Å²) in [5, 5.41) is 0. The highest BCUT2D eigenvalue weighted by molar-refractivity contribution is 5.65. The Labute approximate surface area is 189 Å². The molecule has 0 nitrogen and oxygen atoms in total. The van der Waals surface area contributed by atoms with Gasteiger partial charge in [-0.3, -0.25) is 0 Å². The van der Waals surface area contributed by atoms with E-state index in [-0.39, 0.29) is 11.7 Å². The molecule has 32 heavy (non-hydrogen) atoms. The SMILES string of the molecule is CCc1ccc(C2CCC(CCc3ccc(-c4ccc(C)cc4)c(F)c3F)CC2)c(F)c1. The van der Waals surface area contributed by atoms with Crippen LogP contribution < -0.4 is 0 Å². The van der Waals surface area contributed by atoms with E-state index in [1.165, 1.54) is 0 Å². The number of rotatable bonds is 6. The van der Waals surface area contributed by atoms with Crippen molar-refractivity contribution < 1.29 is 13.2 Å². The second-order valence-corrected chi connectivity index (χ2v) is 9.23. The van der Waals surface area contributed by atoms with Gasteiger partial charge in [0.1, 0.15) is 5.82 Å². The first-order chi connectivity index (χ1) is 15.5. The molecule has 1 aliphatic rings. The predicted octanol–water partition coefficient (Wildman–Crippen LogP) is 8.55. The lowest BCUT2D eigenvalue weighted by Gasteiger charge is -2.29. The van der Waals surface area contributed by atoms with Crippen molar-refractivity contribution in [1.29, 1.82) is 0 Å². The minimum atomic E-state index is -0.763. The average molecular weight is 437 g/mol. The summed E-state index contributed by atoms with van der Waals surface area (Å²) in [4.78, 5) is 0. The Bertz CT molecular complexity index is 1060. The fraction of sp³-hybridized carbons (Fsp3) is 0.379. The quantitative estimate of drug-likeness (QED) is 0.363. The van der Waals surface area contributed by atoms with Crippen LogP contribution in [-0.2, 0) is 12.8 Å². The lowest BCUT2D eigenvalue weighted by molar-refractivity contribution is 0.305. The fourth-order valence-corrected chi connectivity index (χ4v) is 4.98. The van der Waals surface area contributed by atoms with E-state index in [4.69, 9.17) is 0 Å². The van der Waals surface area contributed by atoms with Gasteiger partial charge in [-0.2, -0.15) is 0 Å². The van der Waals surface area contributed by atoms with Crippen LogP contribution in [0.3, 0.4) is 0 Å². The van der Waals surface area contributed by atoms with Gasteiger partial charge in [0.15, 0.2) is 11.6 Å². The maximum Gasteiger partial charge on any atom is 0.166 e. The standard InChI is InChI=1S/C29H31F3/c1-3-20-9-16-25(27(30)18-20)22-12-6-21(7-13-22)8-14-24-15-17-26(29(32)28(24)31)23-10-4-19(2)5-11-23/h4-5,9-11,15-18,21-22H,3,6-8,12-14H2,1-2H3. The molecule has 3 heteroatoms. The van der Waals surface area contributed by atoms with Crippen LogP contribution in [0.1, 0.15) is 67.2 Å². The second kappa shape index (κ2) is 9.94. The number of aryl methyl sites for hydroxylation is 3. The third-order valence-corrected chi connectivity index (χ3v) is 7.11.